The Hall–Kier alpha value is -2.89. The van der Waals surface area contributed by atoms with Crippen LogP contribution in [0.3, 0.4) is 0 Å². The van der Waals surface area contributed by atoms with Gasteiger partial charge in [-0.3, -0.25) is 5.10 Å². The molecule has 0 bridgehead atoms. The van der Waals surface area contributed by atoms with Crippen LogP contribution in [0.5, 0.6) is 0 Å². The van der Waals surface area contributed by atoms with E-state index in [-0.39, 0.29) is 24.5 Å². The lowest BCUT2D eigenvalue weighted by Crippen LogP contribution is -2.20. The summed E-state index contributed by atoms with van der Waals surface area (Å²) in [5, 5.41) is 6.58. The van der Waals surface area contributed by atoms with Crippen LogP contribution >= 0.6 is 10.2 Å². The van der Waals surface area contributed by atoms with Crippen LogP contribution in [0, 0.1) is 0 Å². The molecule has 12 heteroatoms. The molecule has 0 saturated heterocycles. The molecule has 3 rings (SSSR count). The average molecular weight is 420 g/mol. The van der Waals surface area contributed by atoms with E-state index in [9.17, 15) is 19.4 Å². The van der Waals surface area contributed by atoms with Gasteiger partial charge in [-0.05, 0) is 42.3 Å². The molecule has 3 N–H and O–H groups in total. The summed E-state index contributed by atoms with van der Waals surface area (Å²) in [4.78, 5) is 7.52. The van der Waals surface area contributed by atoms with Gasteiger partial charge in [0.25, 0.3) is 0 Å². The number of nitrogens with two attached hydrogens (primary N) is 1. The molecule has 0 spiro atoms. The van der Waals surface area contributed by atoms with E-state index in [0.29, 0.717) is 29.3 Å². The Kier molecular flexibility index (Phi) is 4.30. The topological polar surface area (TPSA) is 83.7 Å². The molecular formula is C16H17F5N6S. The fourth-order valence-electron chi connectivity index (χ4n) is 2.70. The van der Waals surface area contributed by atoms with E-state index in [4.69, 9.17) is 5.73 Å². The number of rotatable bonds is 6. The van der Waals surface area contributed by atoms with E-state index in [1.165, 1.54) is 18.5 Å². The monoisotopic (exact) mass is 420 g/mol. The predicted molar refractivity (Wildman–Crippen MR) is 98.1 cm³/mol. The number of benzene rings is 1. The number of aromatic nitrogens is 4. The van der Waals surface area contributed by atoms with Crippen LogP contribution in [0.2, 0.25) is 0 Å². The predicted octanol–water partition coefficient (Wildman–Crippen LogP) is 5.34. The SMILES string of the molecule is CCc1cc(S(F)(F)(F)(F)F)ccc1N(Cc1ccn[nH]1)c1ccnc(N)n1. The van der Waals surface area contributed by atoms with Crippen molar-refractivity contribution >= 4 is 27.7 Å². The van der Waals surface area contributed by atoms with Gasteiger partial charge in [0.15, 0.2) is 0 Å². The number of H-pyrrole nitrogens is 1. The zero-order valence-electron chi connectivity index (χ0n) is 14.6. The van der Waals surface area contributed by atoms with Gasteiger partial charge in [-0.1, -0.05) is 26.4 Å². The van der Waals surface area contributed by atoms with Crippen molar-refractivity contribution in [2.24, 2.45) is 0 Å². The standard InChI is InChI=1S/C16H17F5N6S/c1-2-11-9-13(28(17,18,19,20)21)3-4-14(11)27(10-12-5-8-24-26-12)15-6-7-23-16(22)25-15/h3-9H,2,10H2,1H3,(H,24,26)(H2,22,23,25). The molecule has 152 valence electrons. The molecule has 0 saturated carbocycles. The van der Waals surface area contributed by atoms with E-state index in [2.05, 4.69) is 20.2 Å². The molecule has 0 atom stereocenters. The summed E-state index contributed by atoms with van der Waals surface area (Å²) < 4.78 is 66.1. The van der Waals surface area contributed by atoms with Crippen molar-refractivity contribution < 1.29 is 19.4 Å². The maximum atomic E-state index is 13.2. The highest BCUT2D eigenvalue weighted by molar-refractivity contribution is 8.45. The molecule has 2 aromatic heterocycles. The van der Waals surface area contributed by atoms with Crippen LogP contribution in [-0.4, -0.2) is 20.2 Å². The van der Waals surface area contributed by atoms with Gasteiger partial charge in [0.2, 0.25) is 5.95 Å². The minimum atomic E-state index is -9.79. The molecule has 28 heavy (non-hydrogen) atoms. The normalized spacial score (nSPS) is 14.4. The van der Waals surface area contributed by atoms with E-state index >= 15 is 0 Å². The van der Waals surface area contributed by atoms with Crippen molar-refractivity contribution in [2.45, 2.75) is 24.8 Å². The van der Waals surface area contributed by atoms with Crippen LogP contribution in [-0.2, 0) is 13.0 Å². The maximum Gasteiger partial charge on any atom is 0.310 e. The minimum Gasteiger partial charge on any atom is -0.368 e. The molecule has 0 aliphatic heterocycles. The quantitative estimate of drug-likeness (QED) is 0.526. The van der Waals surface area contributed by atoms with Crippen molar-refractivity contribution in [1.29, 1.82) is 0 Å². The van der Waals surface area contributed by atoms with Crippen LogP contribution in [0.1, 0.15) is 18.2 Å². The summed E-state index contributed by atoms with van der Waals surface area (Å²) >= 11 is 0. The maximum absolute atomic E-state index is 13.2. The second-order valence-corrected chi connectivity index (χ2v) is 8.46. The molecule has 0 radical (unpaired) electrons. The zero-order chi connectivity index (χ0) is 20.6. The lowest BCUT2D eigenvalue weighted by Gasteiger charge is -2.41. The third-order valence-electron chi connectivity index (χ3n) is 3.99. The Balaban J connectivity index is 2.14. The number of hydrogen-bond donors (Lipinski definition) is 2. The second-order valence-electron chi connectivity index (χ2n) is 6.05. The molecule has 0 unspecified atom stereocenters. The average Bonchev–Trinajstić information content (AvgIpc) is 3.10. The first-order valence-electron chi connectivity index (χ1n) is 8.08. The lowest BCUT2D eigenvalue weighted by molar-refractivity contribution is 0.364. The van der Waals surface area contributed by atoms with Gasteiger partial charge < -0.3 is 10.6 Å². The third-order valence-corrected chi connectivity index (χ3v) is 5.14. The van der Waals surface area contributed by atoms with Crippen LogP contribution in [0.15, 0.2) is 47.6 Å². The fraction of sp³-hybridized carbons (Fsp3) is 0.188. The van der Waals surface area contributed by atoms with Gasteiger partial charge in [0.1, 0.15) is 10.7 Å². The number of anilines is 3. The molecule has 6 nitrogen and oxygen atoms in total. The Morgan fingerprint density at radius 1 is 1.07 bits per heavy atom. The highest BCUT2D eigenvalue weighted by Gasteiger charge is 2.65. The summed E-state index contributed by atoms with van der Waals surface area (Å²) in [6, 6.07) is 5.08. The number of aromatic amines is 1. The van der Waals surface area contributed by atoms with Gasteiger partial charge in [-0.25, -0.2) is 4.98 Å². The van der Waals surface area contributed by atoms with Gasteiger partial charge in [0, 0.05) is 18.1 Å². The van der Waals surface area contributed by atoms with Crippen molar-refractivity contribution in [2.75, 3.05) is 10.6 Å². The lowest BCUT2D eigenvalue weighted by atomic mass is 10.1. The zero-order valence-corrected chi connectivity index (χ0v) is 15.4. The van der Waals surface area contributed by atoms with E-state index in [1.54, 1.807) is 17.9 Å². The van der Waals surface area contributed by atoms with E-state index in [0.717, 1.165) is 6.07 Å². The van der Waals surface area contributed by atoms with Crippen molar-refractivity contribution in [3.05, 3.63) is 54.0 Å². The van der Waals surface area contributed by atoms with Gasteiger partial charge in [0.05, 0.1) is 12.2 Å². The molecule has 2 heterocycles. The summed E-state index contributed by atoms with van der Waals surface area (Å²) in [5.74, 6) is 0.269. The number of aryl methyl sites for hydroxylation is 1. The molecule has 0 aliphatic carbocycles. The van der Waals surface area contributed by atoms with Gasteiger partial charge in [-0.2, -0.15) is 10.1 Å². The fourth-order valence-corrected chi connectivity index (χ4v) is 3.39. The Bertz CT molecular complexity index is 991. The van der Waals surface area contributed by atoms with Crippen molar-refractivity contribution in [3.63, 3.8) is 0 Å². The molecule has 0 amide bonds. The largest absolute Gasteiger partial charge is 0.368 e. The van der Waals surface area contributed by atoms with Crippen LogP contribution < -0.4 is 10.6 Å². The Morgan fingerprint density at radius 2 is 1.82 bits per heavy atom. The number of nitrogen functional groups attached to an aromatic ring is 1. The Labute approximate surface area is 157 Å². The summed E-state index contributed by atoms with van der Waals surface area (Å²) in [6.45, 7) is 1.73. The molecular weight excluding hydrogens is 403 g/mol. The molecule has 1 aromatic carbocycles. The highest BCUT2D eigenvalue weighted by atomic mass is 32.5. The number of nitrogens with zero attached hydrogens (tertiary/aromatic N) is 4. The smallest absolute Gasteiger partial charge is 0.310 e. The summed E-state index contributed by atoms with van der Waals surface area (Å²) in [6.07, 6.45) is 3.00. The first kappa shape index (κ1) is 19.9. The van der Waals surface area contributed by atoms with Crippen molar-refractivity contribution in [1.82, 2.24) is 20.2 Å². The summed E-state index contributed by atoms with van der Waals surface area (Å²) in [7, 11) is -9.79. The number of hydrogen-bond acceptors (Lipinski definition) is 5. The second kappa shape index (κ2) is 6.06. The highest BCUT2D eigenvalue weighted by Crippen LogP contribution is 3.02. The first-order chi connectivity index (χ1) is 12.9. The van der Waals surface area contributed by atoms with Gasteiger partial charge in [-0.15, -0.1) is 0 Å². The van der Waals surface area contributed by atoms with E-state index < -0.39 is 15.1 Å². The third kappa shape index (κ3) is 4.32. The van der Waals surface area contributed by atoms with Crippen LogP contribution in [0.25, 0.3) is 0 Å². The Morgan fingerprint density at radius 3 is 2.39 bits per heavy atom. The number of halogens is 5. The van der Waals surface area contributed by atoms with Crippen molar-refractivity contribution in [3.8, 4) is 0 Å². The molecule has 0 fully saturated rings. The first-order valence-corrected chi connectivity index (χ1v) is 10.0. The molecule has 0 aliphatic rings. The van der Waals surface area contributed by atoms with E-state index in [1.807, 2.05) is 0 Å². The summed E-state index contributed by atoms with van der Waals surface area (Å²) in [5.41, 5.74) is 6.64. The molecule has 3 aromatic rings. The van der Waals surface area contributed by atoms with Crippen LogP contribution in [0.4, 0.5) is 36.9 Å². The number of nitrogens with one attached hydrogen (secondary N) is 1. The van der Waals surface area contributed by atoms with Gasteiger partial charge >= 0.3 is 10.2 Å². The minimum absolute atomic E-state index is 0.0335.